The fourth-order valence-corrected chi connectivity index (χ4v) is 4.49. The van der Waals surface area contributed by atoms with Crippen molar-refractivity contribution in [2.24, 2.45) is 0 Å². The van der Waals surface area contributed by atoms with Gasteiger partial charge in [0.2, 0.25) is 15.9 Å². The van der Waals surface area contributed by atoms with Crippen LogP contribution in [-0.4, -0.2) is 27.7 Å². The van der Waals surface area contributed by atoms with Gasteiger partial charge in [0.1, 0.15) is 5.75 Å². The fourth-order valence-electron chi connectivity index (χ4n) is 2.62. The monoisotopic (exact) mass is 408 g/mol. The molecule has 0 heterocycles. The van der Waals surface area contributed by atoms with E-state index < -0.39 is 10.0 Å². The Labute approximate surface area is 164 Å². The smallest absolute Gasteiger partial charge is 0.241 e. The highest BCUT2D eigenvalue weighted by Crippen LogP contribution is 2.29. The van der Waals surface area contributed by atoms with Gasteiger partial charge in [-0.1, -0.05) is 19.1 Å². The van der Waals surface area contributed by atoms with Gasteiger partial charge in [0.15, 0.2) is 0 Å². The fraction of sp³-hybridized carbons (Fsp3) is 0.316. The molecule has 0 unspecified atom stereocenters. The third-order valence-electron chi connectivity index (χ3n) is 4.02. The Bertz CT molecular complexity index is 896. The van der Waals surface area contributed by atoms with E-state index in [-0.39, 0.29) is 16.8 Å². The summed E-state index contributed by atoms with van der Waals surface area (Å²) in [6.07, 6.45) is 2.46. The van der Waals surface area contributed by atoms with Crippen molar-refractivity contribution in [3.63, 3.8) is 0 Å². The predicted octanol–water partition coefficient (Wildman–Crippen LogP) is 3.81. The summed E-state index contributed by atoms with van der Waals surface area (Å²) in [5.41, 5.74) is 1.33. The third kappa shape index (κ3) is 5.47. The van der Waals surface area contributed by atoms with Gasteiger partial charge in [-0.15, -0.1) is 11.8 Å². The molecule has 0 aliphatic heterocycles. The number of sulfonamides is 1. The first kappa shape index (κ1) is 21.3. The lowest BCUT2D eigenvalue weighted by atomic mass is 10.1. The molecule has 0 radical (unpaired) electrons. The highest BCUT2D eigenvalue weighted by Gasteiger charge is 2.21. The van der Waals surface area contributed by atoms with E-state index in [9.17, 15) is 13.2 Å². The van der Waals surface area contributed by atoms with Crippen LogP contribution in [0, 0.1) is 0 Å². The number of amides is 1. The van der Waals surface area contributed by atoms with Crippen LogP contribution in [0.4, 0.5) is 5.69 Å². The number of carbonyl (C=O) groups excluding carboxylic acids is 1. The van der Waals surface area contributed by atoms with E-state index in [0.717, 1.165) is 10.5 Å². The first-order valence-electron chi connectivity index (χ1n) is 8.42. The number of rotatable bonds is 8. The molecule has 0 aromatic heterocycles. The molecular weight excluding hydrogens is 384 g/mol. The number of hydrogen-bond acceptors (Lipinski definition) is 5. The Morgan fingerprint density at radius 1 is 1.19 bits per heavy atom. The Kier molecular flexibility index (Phi) is 7.29. The molecule has 0 bridgehead atoms. The molecule has 0 aliphatic carbocycles. The van der Waals surface area contributed by atoms with Gasteiger partial charge in [0, 0.05) is 17.9 Å². The number of thioether (sulfide) groups is 1. The van der Waals surface area contributed by atoms with Gasteiger partial charge in [-0.3, -0.25) is 4.79 Å². The van der Waals surface area contributed by atoms with Gasteiger partial charge in [-0.2, -0.15) is 0 Å². The lowest BCUT2D eigenvalue weighted by molar-refractivity contribution is -0.114. The van der Waals surface area contributed by atoms with Crippen LogP contribution in [0.15, 0.2) is 52.3 Å². The maximum absolute atomic E-state index is 12.9. The van der Waals surface area contributed by atoms with Crippen LogP contribution in [0.5, 0.6) is 5.75 Å². The highest BCUT2D eigenvalue weighted by atomic mass is 32.2. The molecule has 1 atom stereocenters. The van der Waals surface area contributed by atoms with Gasteiger partial charge < -0.3 is 10.1 Å². The third-order valence-corrected chi connectivity index (χ3v) is 6.28. The van der Waals surface area contributed by atoms with Crippen molar-refractivity contribution < 1.29 is 17.9 Å². The lowest BCUT2D eigenvalue weighted by Gasteiger charge is -2.19. The summed E-state index contributed by atoms with van der Waals surface area (Å²) in [5.74, 6) is 0.460. The number of methoxy groups -OCH3 is 1. The van der Waals surface area contributed by atoms with Crippen LogP contribution in [0.1, 0.15) is 31.9 Å². The zero-order valence-corrected chi connectivity index (χ0v) is 17.4. The molecule has 2 aromatic carbocycles. The maximum atomic E-state index is 12.9. The van der Waals surface area contributed by atoms with Gasteiger partial charge in [0.05, 0.1) is 17.7 Å². The molecule has 0 spiro atoms. The molecule has 0 fully saturated rings. The van der Waals surface area contributed by atoms with Gasteiger partial charge in [0.25, 0.3) is 0 Å². The number of carbonyl (C=O) groups is 1. The molecule has 6 nitrogen and oxygen atoms in total. The Balaban J connectivity index is 2.31. The molecule has 0 aliphatic rings. The molecule has 0 saturated carbocycles. The van der Waals surface area contributed by atoms with E-state index in [1.54, 1.807) is 31.4 Å². The van der Waals surface area contributed by atoms with Crippen LogP contribution in [0.2, 0.25) is 0 Å². The van der Waals surface area contributed by atoms with Crippen LogP contribution < -0.4 is 14.8 Å². The first-order valence-corrected chi connectivity index (χ1v) is 11.1. The second-order valence-corrected chi connectivity index (χ2v) is 8.46. The van der Waals surface area contributed by atoms with Gasteiger partial charge in [-0.05, 0) is 48.6 Å². The minimum absolute atomic E-state index is 0.107. The van der Waals surface area contributed by atoms with Crippen LogP contribution in [-0.2, 0) is 14.8 Å². The largest absolute Gasteiger partial charge is 0.497 e. The van der Waals surface area contributed by atoms with Crippen molar-refractivity contribution >= 4 is 33.4 Å². The van der Waals surface area contributed by atoms with E-state index in [1.165, 1.54) is 24.8 Å². The lowest BCUT2D eigenvalue weighted by Crippen LogP contribution is -2.28. The summed E-state index contributed by atoms with van der Waals surface area (Å²) in [5, 5.41) is 2.68. The molecule has 2 aromatic rings. The van der Waals surface area contributed by atoms with Crippen molar-refractivity contribution in [3.05, 3.63) is 48.0 Å². The summed E-state index contributed by atoms with van der Waals surface area (Å²) in [6, 6.07) is 11.6. The Morgan fingerprint density at radius 2 is 1.85 bits per heavy atom. The molecule has 8 heteroatoms. The standard InChI is InChI=1S/C19H24N2O4S2/c1-5-17(14-6-8-15(25-3)9-7-14)21-27(23,24)16-10-11-19(26-4)18(12-16)20-13(2)22/h6-12,17,21H,5H2,1-4H3,(H,20,22)/t17-/m0/s1. The van der Waals surface area contributed by atoms with Crippen LogP contribution in [0.25, 0.3) is 0 Å². The van der Waals surface area contributed by atoms with Crippen molar-refractivity contribution in [2.45, 2.75) is 36.1 Å². The molecule has 146 valence electrons. The van der Waals surface area contributed by atoms with Crippen molar-refractivity contribution in [1.29, 1.82) is 0 Å². The average Bonchev–Trinajstić information content (AvgIpc) is 2.65. The van der Waals surface area contributed by atoms with E-state index in [2.05, 4.69) is 10.0 Å². The van der Waals surface area contributed by atoms with Gasteiger partial charge in [-0.25, -0.2) is 13.1 Å². The highest BCUT2D eigenvalue weighted by molar-refractivity contribution is 7.98. The average molecular weight is 409 g/mol. The summed E-state index contributed by atoms with van der Waals surface area (Å²) >= 11 is 1.43. The number of anilines is 1. The zero-order valence-electron chi connectivity index (χ0n) is 15.8. The first-order chi connectivity index (χ1) is 12.8. The molecule has 2 rings (SSSR count). The Hall–Kier alpha value is -2.03. The molecule has 0 saturated heterocycles. The van der Waals surface area contributed by atoms with E-state index in [0.29, 0.717) is 17.9 Å². The molecule has 2 N–H and O–H groups in total. The second kappa shape index (κ2) is 9.25. The van der Waals surface area contributed by atoms with Gasteiger partial charge >= 0.3 is 0 Å². The summed E-state index contributed by atoms with van der Waals surface area (Å²) in [6.45, 7) is 3.30. The van der Waals surface area contributed by atoms with Crippen LogP contribution in [0.3, 0.4) is 0 Å². The molecule has 1 amide bonds. The minimum atomic E-state index is -3.76. The Morgan fingerprint density at radius 3 is 2.37 bits per heavy atom. The SMILES string of the molecule is CC[C@H](NS(=O)(=O)c1ccc(SC)c(NC(C)=O)c1)c1ccc(OC)cc1. The second-order valence-electron chi connectivity index (χ2n) is 5.90. The van der Waals surface area contributed by atoms with E-state index in [4.69, 9.17) is 4.74 Å². The maximum Gasteiger partial charge on any atom is 0.241 e. The van der Waals surface area contributed by atoms with E-state index >= 15 is 0 Å². The van der Waals surface area contributed by atoms with Crippen molar-refractivity contribution in [1.82, 2.24) is 4.72 Å². The normalized spacial score (nSPS) is 12.4. The van der Waals surface area contributed by atoms with E-state index in [1.807, 2.05) is 25.3 Å². The predicted molar refractivity (Wildman–Crippen MR) is 109 cm³/mol. The number of ether oxygens (including phenoxy) is 1. The topological polar surface area (TPSA) is 84.5 Å². The van der Waals surface area contributed by atoms with Crippen molar-refractivity contribution in [2.75, 3.05) is 18.7 Å². The van der Waals surface area contributed by atoms with Crippen molar-refractivity contribution in [3.8, 4) is 5.75 Å². The minimum Gasteiger partial charge on any atom is -0.497 e. The summed E-state index contributed by atoms with van der Waals surface area (Å²) in [4.78, 5) is 12.3. The molecular formula is C19H24N2O4S2. The number of benzene rings is 2. The van der Waals surface area contributed by atoms with Crippen LogP contribution >= 0.6 is 11.8 Å². The molecule has 27 heavy (non-hydrogen) atoms. The number of hydrogen-bond donors (Lipinski definition) is 2. The summed E-state index contributed by atoms with van der Waals surface area (Å²) < 4.78 is 33.6. The zero-order chi connectivity index (χ0) is 20.0. The number of nitrogens with one attached hydrogen (secondary N) is 2. The quantitative estimate of drug-likeness (QED) is 0.649. The summed E-state index contributed by atoms with van der Waals surface area (Å²) in [7, 11) is -2.18.